The van der Waals surface area contributed by atoms with Gasteiger partial charge in [-0.15, -0.1) is 12.4 Å². The number of rotatable bonds is 5. The topological polar surface area (TPSA) is 71.2 Å². The summed E-state index contributed by atoms with van der Waals surface area (Å²) in [5.41, 5.74) is 3.08. The lowest BCUT2D eigenvalue weighted by atomic mass is 10.1. The molecule has 2 aliphatic rings. The summed E-state index contributed by atoms with van der Waals surface area (Å²) in [5, 5.41) is 2.56. The van der Waals surface area contributed by atoms with E-state index in [4.69, 9.17) is 0 Å². The molecule has 0 spiro atoms. The molecule has 31 heavy (non-hydrogen) atoms. The van der Waals surface area contributed by atoms with E-state index in [1.165, 1.54) is 10.4 Å². The van der Waals surface area contributed by atoms with Gasteiger partial charge in [0.25, 0.3) is 5.91 Å². The molecule has 164 valence electrons. The molecule has 3 heterocycles. The Morgan fingerprint density at radius 3 is 2.45 bits per heavy atom. The van der Waals surface area contributed by atoms with E-state index in [1.54, 1.807) is 11.5 Å². The van der Waals surface area contributed by atoms with Crippen molar-refractivity contribution in [2.45, 2.75) is 6.54 Å². The molecule has 0 atom stereocenters. The van der Waals surface area contributed by atoms with Crippen molar-refractivity contribution < 1.29 is 10.3 Å². The zero-order chi connectivity index (χ0) is 19.6. The molecule has 0 saturated carbocycles. The minimum atomic E-state index is 0. The lowest BCUT2D eigenvalue weighted by Crippen LogP contribution is -2.46. The number of piperazine rings is 1. The monoisotopic (exact) mass is 458 g/mol. The number of hydrogen-bond acceptors (Lipinski definition) is 5. The fourth-order valence-electron chi connectivity index (χ4n) is 4.12. The summed E-state index contributed by atoms with van der Waals surface area (Å²) in [7, 11) is 0. The van der Waals surface area contributed by atoms with Crippen LogP contribution >= 0.6 is 23.9 Å². The van der Waals surface area contributed by atoms with Crippen LogP contribution in [0.25, 0.3) is 10.9 Å². The van der Waals surface area contributed by atoms with Gasteiger partial charge in [0.05, 0.1) is 5.52 Å². The maximum absolute atomic E-state index is 12.4. The SMILES string of the molecule is Cl.O.O=C1c2ccccc2CN1C/C=C\CN1CCN(c2snc3ccccc23)CC1. The smallest absolute Gasteiger partial charge is 0.254 e. The minimum absolute atomic E-state index is 0. The number of amides is 1. The van der Waals surface area contributed by atoms with Crippen LogP contribution < -0.4 is 4.90 Å². The average Bonchev–Trinajstić information content (AvgIpc) is 3.33. The van der Waals surface area contributed by atoms with Crippen molar-refractivity contribution in [2.24, 2.45) is 0 Å². The molecule has 6 nitrogen and oxygen atoms in total. The van der Waals surface area contributed by atoms with Crippen molar-refractivity contribution in [1.82, 2.24) is 14.2 Å². The Labute approximate surface area is 192 Å². The Bertz CT molecular complexity index is 1060. The molecule has 1 aromatic heterocycles. The van der Waals surface area contributed by atoms with E-state index < -0.39 is 0 Å². The summed E-state index contributed by atoms with van der Waals surface area (Å²) in [4.78, 5) is 19.2. The normalized spacial score (nSPS) is 16.5. The van der Waals surface area contributed by atoms with E-state index >= 15 is 0 Å². The molecule has 2 N–H and O–H groups in total. The minimum Gasteiger partial charge on any atom is -0.412 e. The highest BCUT2D eigenvalue weighted by atomic mass is 35.5. The number of halogens is 1. The zero-order valence-corrected chi connectivity index (χ0v) is 18.9. The predicted molar refractivity (Wildman–Crippen MR) is 129 cm³/mol. The van der Waals surface area contributed by atoms with Gasteiger partial charge in [0.2, 0.25) is 0 Å². The number of carbonyl (C=O) groups is 1. The molecule has 2 aliphatic heterocycles. The van der Waals surface area contributed by atoms with Gasteiger partial charge >= 0.3 is 0 Å². The van der Waals surface area contributed by atoms with Gasteiger partial charge in [0.15, 0.2) is 0 Å². The summed E-state index contributed by atoms with van der Waals surface area (Å²) in [5.74, 6) is 0.149. The van der Waals surface area contributed by atoms with Crippen molar-refractivity contribution in [1.29, 1.82) is 0 Å². The standard InChI is InChI=1S/C23H24N4OS.ClH.H2O/c28-22-19-8-2-1-7-18(19)17-27(22)12-6-5-11-25-13-15-26(16-14-25)23-20-9-3-4-10-21(20)24-29-23;;/h1-10H,11-17H2;1H;1H2/b6-5-;;. The van der Waals surface area contributed by atoms with Gasteiger partial charge < -0.3 is 15.3 Å². The Balaban J connectivity index is 0.00000136. The van der Waals surface area contributed by atoms with Gasteiger partial charge in [0.1, 0.15) is 5.00 Å². The van der Waals surface area contributed by atoms with Crippen molar-refractivity contribution in [3.63, 3.8) is 0 Å². The molecule has 0 unspecified atom stereocenters. The number of aromatic nitrogens is 1. The highest BCUT2D eigenvalue weighted by molar-refractivity contribution is 7.11. The van der Waals surface area contributed by atoms with Gasteiger partial charge in [-0.05, 0) is 35.3 Å². The van der Waals surface area contributed by atoms with E-state index in [0.29, 0.717) is 6.54 Å². The van der Waals surface area contributed by atoms with Crippen molar-refractivity contribution in [2.75, 3.05) is 44.2 Å². The van der Waals surface area contributed by atoms with Crippen molar-refractivity contribution in [3.8, 4) is 0 Å². The van der Waals surface area contributed by atoms with Crippen LogP contribution in [0.4, 0.5) is 5.00 Å². The molecule has 2 aromatic carbocycles. The highest BCUT2D eigenvalue weighted by Crippen LogP contribution is 2.31. The fraction of sp³-hybridized carbons (Fsp3) is 0.304. The molecular formula is C23H27ClN4O2S. The number of hydrogen-bond donors (Lipinski definition) is 0. The third kappa shape index (κ3) is 4.75. The van der Waals surface area contributed by atoms with E-state index in [1.807, 2.05) is 35.2 Å². The highest BCUT2D eigenvalue weighted by Gasteiger charge is 2.25. The molecule has 3 aromatic rings. The van der Waals surface area contributed by atoms with Crippen LogP contribution in [0.5, 0.6) is 0 Å². The zero-order valence-electron chi connectivity index (χ0n) is 17.2. The summed E-state index contributed by atoms with van der Waals surface area (Å²) in [6.45, 7) is 6.49. The molecule has 1 saturated heterocycles. The molecule has 8 heteroatoms. The van der Waals surface area contributed by atoms with Gasteiger partial charge in [-0.3, -0.25) is 9.69 Å². The first-order valence-electron chi connectivity index (χ1n) is 10.1. The summed E-state index contributed by atoms with van der Waals surface area (Å²) >= 11 is 1.61. The van der Waals surface area contributed by atoms with Crippen molar-refractivity contribution in [3.05, 3.63) is 71.8 Å². The molecule has 5 rings (SSSR count). The van der Waals surface area contributed by atoms with Gasteiger partial charge in [0, 0.05) is 56.8 Å². The van der Waals surface area contributed by atoms with Gasteiger partial charge in [-0.1, -0.05) is 42.5 Å². The fourth-order valence-corrected chi connectivity index (χ4v) is 5.04. The van der Waals surface area contributed by atoms with E-state index in [-0.39, 0.29) is 23.8 Å². The molecule has 0 bridgehead atoms. The Hall–Kier alpha value is -2.45. The van der Waals surface area contributed by atoms with Crippen LogP contribution in [-0.2, 0) is 6.54 Å². The number of anilines is 1. The Morgan fingerprint density at radius 1 is 0.935 bits per heavy atom. The van der Waals surface area contributed by atoms with Crippen LogP contribution in [0.2, 0.25) is 0 Å². The van der Waals surface area contributed by atoms with Crippen LogP contribution in [-0.4, -0.2) is 64.8 Å². The Kier molecular flexibility index (Phi) is 7.67. The van der Waals surface area contributed by atoms with Crippen LogP contribution in [0.3, 0.4) is 0 Å². The lowest BCUT2D eigenvalue weighted by Gasteiger charge is -2.34. The second-order valence-corrected chi connectivity index (χ2v) is 8.36. The first-order chi connectivity index (χ1) is 14.3. The molecule has 1 fully saturated rings. The second kappa shape index (κ2) is 10.2. The van der Waals surface area contributed by atoms with Crippen LogP contribution in [0.1, 0.15) is 15.9 Å². The van der Waals surface area contributed by atoms with Gasteiger partial charge in [-0.25, -0.2) is 0 Å². The second-order valence-electron chi connectivity index (χ2n) is 7.61. The number of nitrogens with zero attached hydrogens (tertiary/aromatic N) is 4. The lowest BCUT2D eigenvalue weighted by molar-refractivity contribution is 0.0796. The summed E-state index contributed by atoms with van der Waals surface area (Å²) < 4.78 is 4.58. The Morgan fingerprint density at radius 2 is 1.65 bits per heavy atom. The van der Waals surface area contributed by atoms with E-state index in [0.717, 1.165) is 55.9 Å². The quantitative estimate of drug-likeness (QED) is 0.550. The van der Waals surface area contributed by atoms with Gasteiger partial charge in [-0.2, -0.15) is 4.37 Å². The maximum atomic E-state index is 12.4. The maximum Gasteiger partial charge on any atom is 0.254 e. The van der Waals surface area contributed by atoms with E-state index in [9.17, 15) is 4.79 Å². The summed E-state index contributed by atoms with van der Waals surface area (Å²) in [6, 6.07) is 16.3. The van der Waals surface area contributed by atoms with Crippen LogP contribution in [0, 0.1) is 0 Å². The van der Waals surface area contributed by atoms with E-state index in [2.05, 4.69) is 44.5 Å². The van der Waals surface area contributed by atoms with Crippen molar-refractivity contribution >= 4 is 45.8 Å². The number of benzene rings is 2. The van der Waals surface area contributed by atoms with Crippen LogP contribution in [0.15, 0.2) is 60.7 Å². The number of carbonyl (C=O) groups excluding carboxylic acids is 1. The number of fused-ring (bicyclic) bond motifs is 2. The predicted octanol–water partition coefficient (Wildman–Crippen LogP) is 3.23. The molecular weight excluding hydrogens is 432 g/mol. The first kappa shape index (κ1) is 23.2. The third-order valence-corrected chi connectivity index (χ3v) is 6.72. The molecule has 1 amide bonds. The first-order valence-corrected chi connectivity index (χ1v) is 10.9. The molecule has 0 radical (unpaired) electrons. The molecule has 0 aliphatic carbocycles. The summed E-state index contributed by atoms with van der Waals surface area (Å²) in [6.07, 6.45) is 4.33. The largest absolute Gasteiger partial charge is 0.412 e. The average molecular weight is 459 g/mol. The third-order valence-electron chi connectivity index (χ3n) is 5.78.